The minimum absolute atomic E-state index is 0.106. The molecule has 1 aromatic heterocycles. The quantitative estimate of drug-likeness (QED) is 0.675. The molecule has 1 heterocycles. The van der Waals surface area contributed by atoms with Crippen molar-refractivity contribution < 1.29 is 0 Å². The van der Waals surface area contributed by atoms with Gasteiger partial charge in [-0.1, -0.05) is 25.7 Å². The number of aromatic nitrogens is 2. The number of aryl methyl sites for hydroxylation is 1. The zero-order valence-corrected chi connectivity index (χ0v) is 9.69. The largest absolute Gasteiger partial charge is 0.330 e. The van der Waals surface area contributed by atoms with Crippen LogP contribution < -0.4 is 11.2 Å². The molecule has 4 heteroatoms. The van der Waals surface area contributed by atoms with Crippen molar-refractivity contribution in [2.24, 2.45) is 7.05 Å². The molecule has 2 rings (SSSR count). The van der Waals surface area contributed by atoms with Gasteiger partial charge < -0.3 is 4.57 Å². The highest BCUT2D eigenvalue weighted by molar-refractivity contribution is 4.89. The fraction of sp³-hybridized carbons (Fsp3) is 0.667. The van der Waals surface area contributed by atoms with E-state index >= 15 is 0 Å². The highest BCUT2D eigenvalue weighted by Crippen LogP contribution is 2.24. The molecular weight excluding hydrogens is 204 g/mol. The summed E-state index contributed by atoms with van der Waals surface area (Å²) in [6, 6.07) is 1.58. The number of hydrogen-bond acceptors (Lipinski definition) is 2. The zero-order chi connectivity index (χ0) is 11.5. The Hall–Kier alpha value is -1.32. The van der Waals surface area contributed by atoms with Gasteiger partial charge >= 0.3 is 5.69 Å². The van der Waals surface area contributed by atoms with Gasteiger partial charge in [0.05, 0.1) is 0 Å². The molecule has 1 saturated carbocycles. The van der Waals surface area contributed by atoms with Crippen LogP contribution in [-0.2, 0) is 7.05 Å². The average Bonchev–Trinajstić information content (AvgIpc) is 2.53. The molecule has 0 amide bonds. The van der Waals surface area contributed by atoms with Crippen molar-refractivity contribution in [2.75, 3.05) is 0 Å². The number of nitrogens with zero attached hydrogens (tertiary/aromatic N) is 2. The smallest absolute Gasteiger partial charge is 0.303 e. The fourth-order valence-corrected chi connectivity index (χ4v) is 2.44. The summed E-state index contributed by atoms with van der Waals surface area (Å²) in [5, 5.41) is 0. The lowest BCUT2D eigenvalue weighted by Gasteiger charge is -2.16. The Balaban J connectivity index is 2.42. The normalized spacial score (nSPS) is 18.3. The van der Waals surface area contributed by atoms with Crippen LogP contribution in [-0.4, -0.2) is 9.13 Å². The van der Waals surface area contributed by atoms with Crippen LogP contribution in [0.2, 0.25) is 0 Å². The van der Waals surface area contributed by atoms with E-state index in [0.29, 0.717) is 0 Å². The minimum Gasteiger partial charge on any atom is -0.303 e. The lowest BCUT2D eigenvalue weighted by molar-refractivity contribution is 0.406. The van der Waals surface area contributed by atoms with Crippen molar-refractivity contribution in [3.05, 3.63) is 33.1 Å². The molecule has 1 fully saturated rings. The third-order valence-electron chi connectivity index (χ3n) is 3.38. The first-order valence-electron chi connectivity index (χ1n) is 5.98. The monoisotopic (exact) mass is 222 g/mol. The SMILES string of the molecule is Cn1ccc(=O)n(C2CCCCCC2)c1=O. The lowest BCUT2D eigenvalue weighted by atomic mass is 10.1. The topological polar surface area (TPSA) is 44.0 Å². The molecule has 4 nitrogen and oxygen atoms in total. The summed E-state index contributed by atoms with van der Waals surface area (Å²) in [4.78, 5) is 23.7. The van der Waals surface area contributed by atoms with Gasteiger partial charge in [0.1, 0.15) is 0 Å². The number of rotatable bonds is 1. The second kappa shape index (κ2) is 4.68. The Morgan fingerprint density at radius 2 is 1.75 bits per heavy atom. The van der Waals surface area contributed by atoms with Gasteiger partial charge in [0.15, 0.2) is 0 Å². The summed E-state index contributed by atoms with van der Waals surface area (Å²) in [7, 11) is 1.69. The highest BCUT2D eigenvalue weighted by Gasteiger charge is 2.17. The maximum Gasteiger partial charge on any atom is 0.330 e. The summed E-state index contributed by atoms with van der Waals surface area (Å²) < 4.78 is 2.91. The second-order valence-electron chi connectivity index (χ2n) is 4.56. The maximum absolute atomic E-state index is 11.9. The standard InChI is InChI=1S/C12H18N2O2/c1-13-9-8-11(15)14(12(13)16)10-6-4-2-3-5-7-10/h8-10H,2-7H2,1H3. The molecule has 0 saturated heterocycles. The summed E-state index contributed by atoms with van der Waals surface area (Å²) in [6.45, 7) is 0. The summed E-state index contributed by atoms with van der Waals surface area (Å²) in [5.74, 6) is 0. The first-order chi connectivity index (χ1) is 7.70. The van der Waals surface area contributed by atoms with Gasteiger partial charge in [-0.2, -0.15) is 0 Å². The Labute approximate surface area is 94.5 Å². The van der Waals surface area contributed by atoms with Crippen molar-refractivity contribution in [1.82, 2.24) is 9.13 Å². The van der Waals surface area contributed by atoms with Crippen LogP contribution >= 0.6 is 0 Å². The molecule has 0 aromatic carbocycles. The third-order valence-corrected chi connectivity index (χ3v) is 3.38. The Bertz CT molecular complexity index is 465. The first kappa shape index (κ1) is 11.2. The number of hydrogen-bond donors (Lipinski definition) is 0. The van der Waals surface area contributed by atoms with Crippen LogP contribution in [0.5, 0.6) is 0 Å². The maximum atomic E-state index is 11.9. The van der Waals surface area contributed by atoms with Crippen LogP contribution in [0.25, 0.3) is 0 Å². The van der Waals surface area contributed by atoms with Crippen molar-refractivity contribution in [3.8, 4) is 0 Å². The van der Waals surface area contributed by atoms with Crippen LogP contribution in [0.3, 0.4) is 0 Å². The van der Waals surface area contributed by atoms with Gasteiger partial charge in [-0.25, -0.2) is 4.79 Å². The van der Waals surface area contributed by atoms with E-state index in [2.05, 4.69) is 0 Å². The van der Waals surface area contributed by atoms with Crippen LogP contribution in [0.1, 0.15) is 44.6 Å². The van der Waals surface area contributed by atoms with Crippen molar-refractivity contribution in [1.29, 1.82) is 0 Å². The van der Waals surface area contributed by atoms with E-state index in [4.69, 9.17) is 0 Å². The minimum atomic E-state index is -0.181. The molecule has 0 aliphatic heterocycles. The molecule has 0 unspecified atom stereocenters. The molecule has 0 spiro atoms. The molecule has 0 radical (unpaired) electrons. The third kappa shape index (κ3) is 2.10. The summed E-state index contributed by atoms with van der Waals surface area (Å²) in [6.07, 6.45) is 8.14. The van der Waals surface area contributed by atoms with Gasteiger partial charge in [-0.3, -0.25) is 9.36 Å². The van der Waals surface area contributed by atoms with E-state index in [1.54, 1.807) is 7.05 Å². The van der Waals surface area contributed by atoms with E-state index in [-0.39, 0.29) is 17.3 Å². The summed E-state index contributed by atoms with van der Waals surface area (Å²) in [5.41, 5.74) is -0.339. The van der Waals surface area contributed by atoms with Crippen LogP contribution in [0, 0.1) is 0 Å². The molecule has 0 bridgehead atoms. The zero-order valence-electron chi connectivity index (χ0n) is 9.69. The average molecular weight is 222 g/mol. The second-order valence-corrected chi connectivity index (χ2v) is 4.56. The predicted octanol–water partition coefficient (Wildman–Crippen LogP) is 1.44. The summed E-state index contributed by atoms with van der Waals surface area (Å²) >= 11 is 0. The predicted molar refractivity (Wildman–Crippen MR) is 62.7 cm³/mol. The van der Waals surface area contributed by atoms with E-state index in [9.17, 15) is 9.59 Å². The molecule has 1 aliphatic rings. The van der Waals surface area contributed by atoms with Crippen LogP contribution in [0.15, 0.2) is 21.9 Å². The molecule has 0 N–H and O–H groups in total. The van der Waals surface area contributed by atoms with Crippen LogP contribution in [0.4, 0.5) is 0 Å². The Kier molecular flexibility index (Phi) is 3.27. The van der Waals surface area contributed by atoms with E-state index in [1.165, 1.54) is 34.2 Å². The van der Waals surface area contributed by atoms with Crippen molar-refractivity contribution in [3.63, 3.8) is 0 Å². The first-order valence-corrected chi connectivity index (χ1v) is 5.98. The van der Waals surface area contributed by atoms with Gasteiger partial charge in [-0.15, -0.1) is 0 Å². The van der Waals surface area contributed by atoms with E-state index in [1.807, 2.05) is 0 Å². The highest BCUT2D eigenvalue weighted by atomic mass is 16.2. The fourth-order valence-electron chi connectivity index (χ4n) is 2.44. The van der Waals surface area contributed by atoms with E-state index in [0.717, 1.165) is 25.7 Å². The van der Waals surface area contributed by atoms with Crippen molar-refractivity contribution in [2.45, 2.75) is 44.6 Å². The molecule has 88 valence electrons. The van der Waals surface area contributed by atoms with Gasteiger partial charge in [0.25, 0.3) is 5.56 Å². The molecular formula is C12H18N2O2. The van der Waals surface area contributed by atoms with E-state index < -0.39 is 0 Å². The molecule has 0 atom stereocenters. The van der Waals surface area contributed by atoms with Gasteiger partial charge in [-0.05, 0) is 12.8 Å². The molecule has 1 aliphatic carbocycles. The Morgan fingerprint density at radius 1 is 1.12 bits per heavy atom. The molecule has 16 heavy (non-hydrogen) atoms. The van der Waals surface area contributed by atoms with Gasteiger partial charge in [0, 0.05) is 25.4 Å². The lowest BCUT2D eigenvalue weighted by Crippen LogP contribution is -2.40. The van der Waals surface area contributed by atoms with Gasteiger partial charge in [0.2, 0.25) is 0 Å². The Morgan fingerprint density at radius 3 is 2.38 bits per heavy atom. The van der Waals surface area contributed by atoms with Crippen molar-refractivity contribution >= 4 is 0 Å². The molecule has 1 aromatic rings.